The summed E-state index contributed by atoms with van der Waals surface area (Å²) in [6, 6.07) is 50.7. The van der Waals surface area contributed by atoms with E-state index in [2.05, 4.69) is 109 Å². The number of hydrogen-bond donors (Lipinski definition) is 2. The number of hydrogen-bond acceptors (Lipinski definition) is 2. The molecule has 0 aromatic heterocycles. The summed E-state index contributed by atoms with van der Waals surface area (Å²) in [6.45, 7) is 0. The zero-order chi connectivity index (χ0) is 26.6. The quantitative estimate of drug-likeness (QED) is 0.223. The van der Waals surface area contributed by atoms with E-state index in [9.17, 15) is 0 Å². The summed E-state index contributed by atoms with van der Waals surface area (Å²) in [5.41, 5.74) is 26.0. The second-order valence-electron chi connectivity index (χ2n) is 9.91. The summed E-state index contributed by atoms with van der Waals surface area (Å²) in [5, 5.41) is 0. The molecule has 0 radical (unpaired) electrons. The van der Waals surface area contributed by atoms with Crippen molar-refractivity contribution in [2.24, 2.45) is 0 Å². The molecule has 0 amide bonds. The Labute approximate surface area is 230 Å². The molecule has 4 N–H and O–H groups in total. The highest BCUT2D eigenvalue weighted by molar-refractivity contribution is 5.82. The van der Waals surface area contributed by atoms with Crippen molar-refractivity contribution in [1.82, 2.24) is 0 Å². The van der Waals surface area contributed by atoms with Crippen LogP contribution in [-0.4, -0.2) is 0 Å². The van der Waals surface area contributed by atoms with Crippen molar-refractivity contribution >= 4 is 11.4 Å². The van der Waals surface area contributed by atoms with Crippen LogP contribution in [0.15, 0.2) is 146 Å². The number of rotatable bonds is 6. The maximum atomic E-state index is 6.45. The molecule has 0 aliphatic rings. The lowest BCUT2D eigenvalue weighted by Gasteiger charge is -2.11. The van der Waals surface area contributed by atoms with Gasteiger partial charge in [0.2, 0.25) is 0 Å². The third-order valence-electron chi connectivity index (χ3n) is 7.26. The van der Waals surface area contributed by atoms with Crippen LogP contribution >= 0.6 is 0 Å². The Hall–Kier alpha value is -5.08. The van der Waals surface area contributed by atoms with E-state index < -0.39 is 0 Å². The minimum atomic E-state index is 0.788. The topological polar surface area (TPSA) is 52.0 Å². The molecule has 0 unspecified atom stereocenters. The Bertz CT molecular complexity index is 1570. The largest absolute Gasteiger partial charge is 0.398 e. The average Bonchev–Trinajstić information content (AvgIpc) is 2.99. The zero-order valence-electron chi connectivity index (χ0n) is 21.7. The summed E-state index contributed by atoms with van der Waals surface area (Å²) >= 11 is 0. The summed E-state index contributed by atoms with van der Waals surface area (Å²) in [6.07, 6.45) is 0.866. The third-order valence-corrected chi connectivity index (χ3v) is 7.26. The van der Waals surface area contributed by atoms with Crippen molar-refractivity contribution < 1.29 is 0 Å². The van der Waals surface area contributed by atoms with E-state index >= 15 is 0 Å². The molecule has 2 nitrogen and oxygen atoms in total. The Morgan fingerprint density at radius 2 is 0.692 bits per heavy atom. The van der Waals surface area contributed by atoms with Crippen molar-refractivity contribution in [3.05, 3.63) is 157 Å². The first-order chi connectivity index (χ1) is 19.1. The highest BCUT2D eigenvalue weighted by Gasteiger charge is 2.08. The smallest absolute Gasteiger partial charge is 0.0399 e. The maximum absolute atomic E-state index is 6.45. The number of nitrogen functional groups attached to an aromatic ring is 2. The van der Waals surface area contributed by atoms with Gasteiger partial charge in [-0.3, -0.25) is 0 Å². The van der Waals surface area contributed by atoms with E-state index in [0.717, 1.165) is 51.2 Å². The van der Waals surface area contributed by atoms with Crippen LogP contribution in [0.4, 0.5) is 11.4 Å². The minimum Gasteiger partial charge on any atom is -0.398 e. The van der Waals surface area contributed by atoms with Gasteiger partial charge < -0.3 is 11.5 Å². The molecule has 0 aliphatic carbocycles. The van der Waals surface area contributed by atoms with Gasteiger partial charge in [0.1, 0.15) is 0 Å². The molecule has 188 valence electrons. The lowest BCUT2D eigenvalue weighted by molar-refractivity contribution is 1.19. The SMILES string of the molecule is Nc1cc(-c2ccccc2)ccc1-c1ccc(Cc2ccc(-c3ccc(-c4ccccc4)cc3N)cc2)cc1. The van der Waals surface area contributed by atoms with Crippen molar-refractivity contribution in [3.8, 4) is 44.5 Å². The predicted octanol–water partition coefficient (Wildman–Crippen LogP) is 9.11. The molecule has 0 saturated heterocycles. The molecule has 6 aromatic rings. The van der Waals surface area contributed by atoms with E-state index in [4.69, 9.17) is 11.5 Å². The molecule has 6 rings (SSSR count). The average molecular weight is 503 g/mol. The van der Waals surface area contributed by atoms with Gasteiger partial charge in [0.05, 0.1) is 0 Å². The molecule has 0 bridgehead atoms. The molecule has 0 saturated carbocycles. The minimum absolute atomic E-state index is 0.788. The van der Waals surface area contributed by atoms with Crippen molar-refractivity contribution in [2.75, 3.05) is 11.5 Å². The molecule has 0 atom stereocenters. The molecule has 0 fully saturated rings. The van der Waals surface area contributed by atoms with Crippen LogP contribution in [0.3, 0.4) is 0 Å². The molecule has 2 heteroatoms. The van der Waals surface area contributed by atoms with Crippen LogP contribution in [0.25, 0.3) is 44.5 Å². The van der Waals surface area contributed by atoms with Gasteiger partial charge in [-0.2, -0.15) is 0 Å². The standard InChI is InChI=1S/C37H30N2/c38-36-24-32(28-7-3-1-4-8-28)19-21-34(36)30-15-11-26(12-16-30)23-27-13-17-31(18-14-27)35-22-20-33(25-37(35)39)29-9-5-2-6-10-29/h1-22,24-25H,23,38-39H2. The monoisotopic (exact) mass is 502 g/mol. The van der Waals surface area contributed by atoms with Gasteiger partial charge in [0.15, 0.2) is 0 Å². The fraction of sp³-hybridized carbons (Fsp3) is 0.0270. The van der Waals surface area contributed by atoms with Crippen LogP contribution in [0, 0.1) is 0 Å². The van der Waals surface area contributed by atoms with Crippen LogP contribution in [0.1, 0.15) is 11.1 Å². The molecule has 0 spiro atoms. The first kappa shape index (κ1) is 24.3. The van der Waals surface area contributed by atoms with Crippen molar-refractivity contribution in [1.29, 1.82) is 0 Å². The maximum Gasteiger partial charge on any atom is 0.0399 e. The zero-order valence-corrected chi connectivity index (χ0v) is 21.7. The predicted molar refractivity (Wildman–Crippen MR) is 166 cm³/mol. The van der Waals surface area contributed by atoms with Crippen LogP contribution in [0.2, 0.25) is 0 Å². The molecular weight excluding hydrogens is 472 g/mol. The Morgan fingerprint density at radius 1 is 0.333 bits per heavy atom. The lowest BCUT2D eigenvalue weighted by atomic mass is 9.95. The molecule has 0 heterocycles. The molecule has 6 aromatic carbocycles. The fourth-order valence-corrected chi connectivity index (χ4v) is 5.11. The molecule has 0 aliphatic heterocycles. The van der Waals surface area contributed by atoms with E-state index in [-0.39, 0.29) is 0 Å². The summed E-state index contributed by atoms with van der Waals surface area (Å²) in [5.74, 6) is 0. The summed E-state index contributed by atoms with van der Waals surface area (Å²) < 4.78 is 0. The van der Waals surface area contributed by atoms with Gasteiger partial charge in [0.25, 0.3) is 0 Å². The Morgan fingerprint density at radius 3 is 1.05 bits per heavy atom. The van der Waals surface area contributed by atoms with Crippen LogP contribution in [-0.2, 0) is 6.42 Å². The summed E-state index contributed by atoms with van der Waals surface area (Å²) in [7, 11) is 0. The van der Waals surface area contributed by atoms with Gasteiger partial charge >= 0.3 is 0 Å². The van der Waals surface area contributed by atoms with Gasteiger partial charge in [-0.1, -0.05) is 133 Å². The number of benzene rings is 6. The Kier molecular flexibility index (Phi) is 6.67. The van der Waals surface area contributed by atoms with Crippen molar-refractivity contribution in [3.63, 3.8) is 0 Å². The lowest BCUT2D eigenvalue weighted by Crippen LogP contribution is -1.93. The van der Waals surface area contributed by atoms with E-state index in [1.807, 2.05) is 36.4 Å². The second kappa shape index (κ2) is 10.7. The first-order valence-electron chi connectivity index (χ1n) is 13.2. The Balaban J connectivity index is 1.15. The highest BCUT2D eigenvalue weighted by Crippen LogP contribution is 2.33. The first-order valence-corrected chi connectivity index (χ1v) is 13.2. The molecule has 39 heavy (non-hydrogen) atoms. The van der Waals surface area contributed by atoms with Crippen molar-refractivity contribution in [2.45, 2.75) is 6.42 Å². The van der Waals surface area contributed by atoms with E-state index in [1.165, 1.54) is 22.3 Å². The number of anilines is 2. The van der Waals surface area contributed by atoms with Crippen LogP contribution < -0.4 is 11.5 Å². The van der Waals surface area contributed by atoms with Gasteiger partial charge in [-0.25, -0.2) is 0 Å². The van der Waals surface area contributed by atoms with Gasteiger partial charge in [-0.05, 0) is 63.1 Å². The van der Waals surface area contributed by atoms with E-state index in [0.29, 0.717) is 0 Å². The highest BCUT2D eigenvalue weighted by atomic mass is 14.6. The van der Waals surface area contributed by atoms with Crippen LogP contribution in [0.5, 0.6) is 0 Å². The third kappa shape index (κ3) is 5.32. The second-order valence-corrected chi connectivity index (χ2v) is 9.91. The van der Waals surface area contributed by atoms with E-state index in [1.54, 1.807) is 0 Å². The fourth-order valence-electron chi connectivity index (χ4n) is 5.11. The van der Waals surface area contributed by atoms with Gasteiger partial charge in [0, 0.05) is 22.5 Å². The molecular formula is C37H30N2. The normalized spacial score (nSPS) is 10.9. The number of nitrogens with two attached hydrogens (primary N) is 2. The summed E-state index contributed by atoms with van der Waals surface area (Å²) in [4.78, 5) is 0. The van der Waals surface area contributed by atoms with Gasteiger partial charge in [-0.15, -0.1) is 0 Å².